The maximum atomic E-state index is 0. The zero-order chi connectivity index (χ0) is 0. The largest absolute Gasteiger partial charge is 0 e. The summed E-state index contributed by atoms with van der Waals surface area (Å²) in [5, 5.41) is 0. The first-order valence-electron chi connectivity index (χ1n) is 0. The maximum absolute atomic E-state index is 0. The second-order valence-corrected chi connectivity index (χ2v) is 0. The molecule has 0 unspecified atom stereocenters. The fourth-order valence-corrected chi connectivity index (χ4v) is 0. The van der Waals surface area contributed by atoms with Crippen molar-refractivity contribution in [3.8, 4) is 0 Å². The Morgan fingerprint density at radius 1 is 1.00 bits per heavy atom. The number of hydrogen-bond donors (Lipinski definition) is 0. The minimum Gasteiger partial charge on any atom is 0 e. The predicted octanol–water partition coefficient (Wildman–Crippen LogP) is -0.0100. The van der Waals surface area contributed by atoms with Gasteiger partial charge in [-0.15, -0.1) is 0 Å². The van der Waals surface area contributed by atoms with Gasteiger partial charge in [0.2, 0.25) is 0 Å². The molecular formula is OsPdPtRu. The molecule has 4 heteroatoms. The van der Waals surface area contributed by atoms with Crippen molar-refractivity contribution in [3.63, 3.8) is 0 Å². The van der Waals surface area contributed by atoms with Crippen molar-refractivity contribution < 1.29 is 80.8 Å². The van der Waals surface area contributed by atoms with Gasteiger partial charge in [0.1, 0.15) is 0 Å². The van der Waals surface area contributed by atoms with E-state index in [-0.39, 0.29) is 80.8 Å². The van der Waals surface area contributed by atoms with Gasteiger partial charge in [0, 0.05) is 80.8 Å². The molecule has 0 radical (unpaired) electrons. The SMILES string of the molecule is [Os].[Pd].[Pt].[Ru]. The van der Waals surface area contributed by atoms with Crippen molar-refractivity contribution in [3.05, 3.63) is 0 Å². The molecule has 0 bridgehead atoms. The van der Waals surface area contributed by atoms with E-state index in [4.69, 9.17) is 0 Å². The quantitative estimate of drug-likeness (QED) is 0.348. The minimum absolute atomic E-state index is 0. The molecule has 0 aromatic carbocycles. The Bertz CT molecular complexity index is 8.00. The van der Waals surface area contributed by atoms with E-state index in [1.807, 2.05) is 0 Å². The van der Waals surface area contributed by atoms with Gasteiger partial charge in [-0.1, -0.05) is 0 Å². The van der Waals surface area contributed by atoms with E-state index >= 15 is 0 Å². The molecule has 0 spiro atoms. The van der Waals surface area contributed by atoms with E-state index in [0.717, 1.165) is 0 Å². The molecule has 0 N–H and O–H groups in total. The Hall–Kier alpha value is 2.61. The van der Waals surface area contributed by atoms with Crippen LogP contribution >= 0.6 is 0 Å². The minimum atomic E-state index is 0. The molecule has 0 aliphatic heterocycles. The van der Waals surface area contributed by atoms with Gasteiger partial charge in [-0.25, -0.2) is 0 Å². The molecule has 0 aliphatic carbocycles. The van der Waals surface area contributed by atoms with Gasteiger partial charge < -0.3 is 0 Å². The summed E-state index contributed by atoms with van der Waals surface area (Å²) in [4.78, 5) is 0. The third kappa shape index (κ3) is 8.82. The first kappa shape index (κ1) is 30.5. The van der Waals surface area contributed by atoms with Crippen LogP contribution in [0, 0.1) is 0 Å². The van der Waals surface area contributed by atoms with E-state index < -0.39 is 0 Å². The molecule has 0 nitrogen and oxygen atoms in total. The summed E-state index contributed by atoms with van der Waals surface area (Å²) < 4.78 is 0. The van der Waals surface area contributed by atoms with E-state index in [0.29, 0.717) is 0 Å². The second-order valence-electron chi connectivity index (χ2n) is 0. The molecule has 36 valence electrons. The average Bonchev–Trinajstić information content (AvgIpc) is 0. The molecular weight excluding hydrogens is 593 g/mol. The van der Waals surface area contributed by atoms with Gasteiger partial charge in [0.25, 0.3) is 0 Å². The Labute approximate surface area is 79.6 Å². The Balaban J connectivity index is 0. The first-order chi connectivity index (χ1) is 0. The number of rotatable bonds is 0. The summed E-state index contributed by atoms with van der Waals surface area (Å²) in [5.74, 6) is 0. The smallest absolute Gasteiger partial charge is 0 e. The van der Waals surface area contributed by atoms with Crippen LogP contribution in [-0.2, 0) is 80.8 Å². The summed E-state index contributed by atoms with van der Waals surface area (Å²) >= 11 is 0. The van der Waals surface area contributed by atoms with Crippen LogP contribution in [0.1, 0.15) is 0 Å². The van der Waals surface area contributed by atoms with Crippen LogP contribution in [0.2, 0.25) is 0 Å². The van der Waals surface area contributed by atoms with Crippen molar-refractivity contribution in [2.24, 2.45) is 0 Å². The van der Waals surface area contributed by atoms with Crippen molar-refractivity contribution in [1.29, 1.82) is 0 Å². The summed E-state index contributed by atoms with van der Waals surface area (Å²) in [6.45, 7) is 0. The van der Waals surface area contributed by atoms with Crippen LogP contribution in [0.3, 0.4) is 0 Å². The van der Waals surface area contributed by atoms with E-state index in [1.54, 1.807) is 0 Å². The van der Waals surface area contributed by atoms with E-state index in [2.05, 4.69) is 0 Å². The van der Waals surface area contributed by atoms with Crippen LogP contribution in [-0.4, -0.2) is 0 Å². The van der Waals surface area contributed by atoms with Gasteiger partial charge in [0.15, 0.2) is 0 Å². The fourth-order valence-electron chi connectivity index (χ4n) is 0. The summed E-state index contributed by atoms with van der Waals surface area (Å²) in [6, 6.07) is 0. The Kier molecular flexibility index (Phi) is 134. The normalized spacial score (nSPS) is 0. The van der Waals surface area contributed by atoms with Crippen LogP contribution in [0.15, 0.2) is 0 Å². The molecule has 0 amide bonds. The van der Waals surface area contributed by atoms with Crippen molar-refractivity contribution in [1.82, 2.24) is 0 Å². The fraction of sp³-hybridized carbons (Fsp3) is 0. The van der Waals surface area contributed by atoms with Crippen molar-refractivity contribution in [2.45, 2.75) is 0 Å². The molecule has 0 fully saturated rings. The van der Waals surface area contributed by atoms with Crippen LogP contribution in [0.25, 0.3) is 0 Å². The van der Waals surface area contributed by atoms with Gasteiger partial charge >= 0.3 is 0 Å². The Morgan fingerprint density at radius 3 is 1.00 bits per heavy atom. The third-order valence-corrected chi connectivity index (χ3v) is 0. The molecule has 0 saturated heterocycles. The summed E-state index contributed by atoms with van der Waals surface area (Å²) in [7, 11) is 0. The van der Waals surface area contributed by atoms with Gasteiger partial charge in [-0.3, -0.25) is 0 Å². The summed E-state index contributed by atoms with van der Waals surface area (Å²) in [5.41, 5.74) is 0. The molecule has 0 atom stereocenters. The molecule has 4 heavy (non-hydrogen) atoms. The zero-order valence-corrected chi connectivity index (χ0v) is 9.44. The monoisotopic (exact) mass is 595 g/mol. The van der Waals surface area contributed by atoms with Crippen LogP contribution in [0.4, 0.5) is 0 Å². The van der Waals surface area contributed by atoms with E-state index in [9.17, 15) is 0 Å². The molecule has 0 heterocycles. The molecule has 0 aliphatic rings. The number of hydrogen-bond acceptors (Lipinski definition) is 0. The molecule has 0 saturated carbocycles. The zero-order valence-electron chi connectivity index (χ0n) is 1.34. The van der Waals surface area contributed by atoms with Crippen LogP contribution < -0.4 is 0 Å². The van der Waals surface area contributed by atoms with Gasteiger partial charge in [-0.2, -0.15) is 0 Å². The summed E-state index contributed by atoms with van der Waals surface area (Å²) in [6.07, 6.45) is 0. The van der Waals surface area contributed by atoms with Crippen molar-refractivity contribution >= 4 is 0 Å². The maximum Gasteiger partial charge on any atom is 0 e. The average molecular weight is 593 g/mol. The molecule has 0 aromatic heterocycles. The predicted molar refractivity (Wildman–Crippen MR) is 0 cm³/mol. The standard InChI is InChI=1S/Os.Pd.Pt.Ru. The molecule has 0 rings (SSSR count). The van der Waals surface area contributed by atoms with Gasteiger partial charge in [0.05, 0.1) is 0 Å². The first-order valence-corrected chi connectivity index (χ1v) is 0. The second kappa shape index (κ2) is 17.5. The molecule has 0 aromatic rings. The third-order valence-electron chi connectivity index (χ3n) is 0. The topological polar surface area (TPSA) is 0 Å². The van der Waals surface area contributed by atoms with Crippen LogP contribution in [0.5, 0.6) is 0 Å². The van der Waals surface area contributed by atoms with Crippen molar-refractivity contribution in [2.75, 3.05) is 0 Å². The Morgan fingerprint density at radius 2 is 1.00 bits per heavy atom. The van der Waals surface area contributed by atoms with Gasteiger partial charge in [-0.05, 0) is 0 Å². The van der Waals surface area contributed by atoms with E-state index in [1.165, 1.54) is 0 Å².